The van der Waals surface area contributed by atoms with E-state index in [0.717, 1.165) is 5.75 Å². The van der Waals surface area contributed by atoms with E-state index in [1.807, 2.05) is 32.9 Å². The SMILES string of the molecule is CC(C)(C)OC(=O)NCCc1nnc(SCc2cccc3ccccc23)o1. The summed E-state index contributed by atoms with van der Waals surface area (Å²) in [6.45, 7) is 5.85. The molecule has 0 fully saturated rings. The average molecular weight is 385 g/mol. The number of hydrogen-bond acceptors (Lipinski definition) is 6. The van der Waals surface area contributed by atoms with E-state index in [-0.39, 0.29) is 0 Å². The van der Waals surface area contributed by atoms with Gasteiger partial charge in [-0.2, -0.15) is 0 Å². The maximum Gasteiger partial charge on any atom is 0.407 e. The van der Waals surface area contributed by atoms with Crippen LogP contribution in [0.25, 0.3) is 10.8 Å². The first-order valence-corrected chi connectivity index (χ1v) is 9.78. The van der Waals surface area contributed by atoms with Crippen molar-refractivity contribution in [3.63, 3.8) is 0 Å². The van der Waals surface area contributed by atoms with Crippen LogP contribution >= 0.6 is 11.8 Å². The number of aromatic nitrogens is 2. The molecule has 1 N–H and O–H groups in total. The monoisotopic (exact) mass is 385 g/mol. The highest BCUT2D eigenvalue weighted by Gasteiger charge is 2.16. The van der Waals surface area contributed by atoms with Crippen molar-refractivity contribution >= 4 is 28.6 Å². The lowest BCUT2D eigenvalue weighted by molar-refractivity contribution is 0.0528. The molecule has 1 amide bonds. The summed E-state index contributed by atoms with van der Waals surface area (Å²) >= 11 is 1.50. The Morgan fingerprint density at radius 2 is 1.93 bits per heavy atom. The van der Waals surface area contributed by atoms with E-state index in [9.17, 15) is 4.79 Å². The summed E-state index contributed by atoms with van der Waals surface area (Å²) in [7, 11) is 0. The summed E-state index contributed by atoms with van der Waals surface area (Å²) in [4.78, 5) is 11.6. The molecule has 0 bridgehead atoms. The number of thioether (sulfide) groups is 1. The minimum atomic E-state index is -0.514. The van der Waals surface area contributed by atoms with Gasteiger partial charge in [0.2, 0.25) is 5.89 Å². The predicted octanol–water partition coefficient (Wildman–Crippen LogP) is 4.58. The predicted molar refractivity (Wildman–Crippen MR) is 106 cm³/mol. The van der Waals surface area contributed by atoms with Gasteiger partial charge in [0.25, 0.3) is 5.22 Å². The number of alkyl carbamates (subject to hydrolysis) is 1. The normalized spacial score (nSPS) is 11.5. The van der Waals surface area contributed by atoms with Crippen LogP contribution in [0, 0.1) is 0 Å². The molecule has 0 saturated heterocycles. The Bertz CT molecular complexity index is 913. The quantitative estimate of drug-likeness (QED) is 0.626. The number of nitrogens with one attached hydrogen (secondary N) is 1. The average Bonchev–Trinajstić information content (AvgIpc) is 3.06. The van der Waals surface area contributed by atoms with Crippen molar-refractivity contribution < 1.29 is 13.9 Å². The molecule has 1 aromatic heterocycles. The van der Waals surface area contributed by atoms with E-state index in [2.05, 4.69) is 45.8 Å². The fourth-order valence-electron chi connectivity index (χ4n) is 2.54. The fraction of sp³-hybridized carbons (Fsp3) is 0.350. The highest BCUT2D eigenvalue weighted by molar-refractivity contribution is 7.98. The minimum Gasteiger partial charge on any atom is -0.444 e. The third kappa shape index (κ3) is 5.72. The zero-order chi connectivity index (χ0) is 19.3. The molecule has 0 unspecified atom stereocenters. The Morgan fingerprint density at radius 1 is 1.15 bits per heavy atom. The van der Waals surface area contributed by atoms with Crippen LogP contribution in [0.3, 0.4) is 0 Å². The lowest BCUT2D eigenvalue weighted by Gasteiger charge is -2.19. The summed E-state index contributed by atoms with van der Waals surface area (Å²) in [5.41, 5.74) is 0.712. The molecule has 6 nitrogen and oxygen atoms in total. The molecular formula is C20H23N3O3S. The second-order valence-corrected chi connectivity index (χ2v) is 7.99. The molecule has 0 aliphatic heterocycles. The third-order valence-corrected chi connectivity index (χ3v) is 4.55. The van der Waals surface area contributed by atoms with E-state index in [4.69, 9.17) is 9.15 Å². The van der Waals surface area contributed by atoms with Gasteiger partial charge in [-0.05, 0) is 37.1 Å². The van der Waals surface area contributed by atoms with Gasteiger partial charge in [0.15, 0.2) is 0 Å². The minimum absolute atomic E-state index is 0.380. The van der Waals surface area contributed by atoms with E-state index in [1.165, 1.54) is 28.1 Å². The number of carbonyl (C=O) groups is 1. The van der Waals surface area contributed by atoms with Crippen LogP contribution in [0.1, 0.15) is 32.2 Å². The highest BCUT2D eigenvalue weighted by atomic mass is 32.2. The molecule has 3 rings (SSSR count). The Labute approximate surface area is 162 Å². The van der Waals surface area contributed by atoms with E-state index >= 15 is 0 Å². The molecule has 142 valence electrons. The molecule has 7 heteroatoms. The maximum absolute atomic E-state index is 11.6. The summed E-state index contributed by atoms with van der Waals surface area (Å²) in [6.07, 6.45) is 0.00807. The molecule has 1 heterocycles. The van der Waals surface area contributed by atoms with Gasteiger partial charge in [0, 0.05) is 18.7 Å². The lowest BCUT2D eigenvalue weighted by Crippen LogP contribution is -2.33. The molecular weight excluding hydrogens is 362 g/mol. The number of amides is 1. The van der Waals surface area contributed by atoms with Gasteiger partial charge >= 0.3 is 6.09 Å². The standard InChI is InChI=1S/C20H23N3O3S/c1-20(2,3)26-18(24)21-12-11-17-22-23-19(25-17)27-13-15-9-6-8-14-7-4-5-10-16(14)15/h4-10H,11-13H2,1-3H3,(H,21,24). The van der Waals surface area contributed by atoms with Crippen LogP contribution in [-0.2, 0) is 16.9 Å². The largest absolute Gasteiger partial charge is 0.444 e. The van der Waals surface area contributed by atoms with Crippen LogP contribution in [0.4, 0.5) is 4.79 Å². The zero-order valence-corrected chi connectivity index (χ0v) is 16.5. The number of benzene rings is 2. The van der Waals surface area contributed by atoms with Crippen molar-refractivity contribution in [3.05, 3.63) is 53.9 Å². The van der Waals surface area contributed by atoms with Gasteiger partial charge in [-0.15, -0.1) is 10.2 Å². The van der Waals surface area contributed by atoms with E-state index in [0.29, 0.717) is 24.1 Å². The number of carbonyl (C=O) groups excluding carboxylic acids is 1. The second kappa shape index (κ2) is 8.43. The number of hydrogen-bond donors (Lipinski definition) is 1. The molecule has 2 aromatic carbocycles. The summed E-state index contributed by atoms with van der Waals surface area (Å²) in [5, 5.41) is 13.8. The van der Waals surface area contributed by atoms with Crippen molar-refractivity contribution in [1.82, 2.24) is 15.5 Å². The van der Waals surface area contributed by atoms with Crippen molar-refractivity contribution in [2.24, 2.45) is 0 Å². The Hall–Kier alpha value is -2.54. The first kappa shape index (κ1) is 19.2. The van der Waals surface area contributed by atoms with E-state index in [1.54, 1.807) is 0 Å². The van der Waals surface area contributed by atoms with Crippen molar-refractivity contribution in [2.45, 2.75) is 43.8 Å². The molecule has 0 atom stereocenters. The first-order valence-electron chi connectivity index (χ1n) is 8.79. The number of rotatable bonds is 6. The summed E-state index contributed by atoms with van der Waals surface area (Å²) in [6, 6.07) is 14.6. The topological polar surface area (TPSA) is 77.2 Å². The third-order valence-electron chi connectivity index (χ3n) is 3.69. The van der Waals surface area contributed by atoms with Crippen LogP contribution in [0.15, 0.2) is 52.1 Å². The van der Waals surface area contributed by atoms with Crippen molar-refractivity contribution in [1.29, 1.82) is 0 Å². The summed E-state index contributed by atoms with van der Waals surface area (Å²) < 4.78 is 10.8. The number of nitrogens with zero attached hydrogens (tertiary/aromatic N) is 2. The fourth-order valence-corrected chi connectivity index (χ4v) is 3.33. The van der Waals surface area contributed by atoms with Gasteiger partial charge in [-0.1, -0.05) is 54.2 Å². The second-order valence-electron chi connectivity index (χ2n) is 7.07. The Balaban J connectivity index is 1.50. The molecule has 3 aromatic rings. The Morgan fingerprint density at radius 3 is 2.74 bits per heavy atom. The molecule has 0 radical (unpaired) electrons. The highest BCUT2D eigenvalue weighted by Crippen LogP contribution is 2.26. The number of ether oxygens (including phenoxy) is 1. The number of fused-ring (bicyclic) bond motifs is 1. The van der Waals surface area contributed by atoms with Crippen LogP contribution in [0.2, 0.25) is 0 Å². The van der Waals surface area contributed by atoms with Crippen molar-refractivity contribution in [3.8, 4) is 0 Å². The van der Waals surface area contributed by atoms with Gasteiger partial charge in [-0.3, -0.25) is 0 Å². The lowest BCUT2D eigenvalue weighted by atomic mass is 10.1. The van der Waals surface area contributed by atoms with Crippen LogP contribution < -0.4 is 5.32 Å². The maximum atomic E-state index is 11.6. The smallest absolute Gasteiger partial charge is 0.407 e. The molecule has 0 spiro atoms. The first-order chi connectivity index (χ1) is 12.9. The van der Waals surface area contributed by atoms with Gasteiger partial charge in [-0.25, -0.2) is 4.79 Å². The van der Waals surface area contributed by atoms with Crippen LogP contribution in [0.5, 0.6) is 0 Å². The molecule has 27 heavy (non-hydrogen) atoms. The Kier molecular flexibility index (Phi) is 6.01. The van der Waals surface area contributed by atoms with Gasteiger partial charge < -0.3 is 14.5 Å². The molecule has 0 aliphatic carbocycles. The summed E-state index contributed by atoms with van der Waals surface area (Å²) in [5.74, 6) is 1.24. The molecule has 0 saturated carbocycles. The zero-order valence-electron chi connectivity index (χ0n) is 15.7. The molecule has 0 aliphatic rings. The van der Waals surface area contributed by atoms with Crippen molar-refractivity contribution in [2.75, 3.05) is 6.54 Å². The van der Waals surface area contributed by atoms with Gasteiger partial charge in [0.05, 0.1) is 0 Å². The van der Waals surface area contributed by atoms with E-state index < -0.39 is 11.7 Å². The van der Waals surface area contributed by atoms with Gasteiger partial charge in [0.1, 0.15) is 5.60 Å². The van der Waals surface area contributed by atoms with Crippen LogP contribution in [-0.4, -0.2) is 28.4 Å².